The van der Waals surface area contributed by atoms with E-state index in [9.17, 15) is 9.90 Å². The lowest BCUT2D eigenvalue weighted by Gasteiger charge is -2.06. The summed E-state index contributed by atoms with van der Waals surface area (Å²) in [6.07, 6.45) is 0. The van der Waals surface area contributed by atoms with Gasteiger partial charge in [0.2, 0.25) is 0 Å². The first-order valence-electron chi connectivity index (χ1n) is 4.01. The molecule has 1 atom stereocenters. The van der Waals surface area contributed by atoms with Crippen molar-refractivity contribution in [1.82, 2.24) is 0 Å². The number of phenolic OH excluding ortho intramolecular Hbond substituents is 1. The molecule has 70 valence electrons. The number of hydrogen-bond acceptors (Lipinski definition) is 2. The van der Waals surface area contributed by atoms with E-state index in [1.54, 1.807) is 32.0 Å². The van der Waals surface area contributed by atoms with E-state index in [-0.39, 0.29) is 16.4 Å². The number of rotatable bonds is 2. The molecule has 0 saturated heterocycles. The molecule has 13 heavy (non-hydrogen) atoms. The molecule has 1 unspecified atom stereocenters. The van der Waals surface area contributed by atoms with E-state index in [4.69, 9.17) is 0 Å². The summed E-state index contributed by atoms with van der Waals surface area (Å²) in [5.74, 6) is -0.0139. The van der Waals surface area contributed by atoms with E-state index in [0.29, 0.717) is 5.56 Å². The molecule has 0 bridgehead atoms. The van der Waals surface area contributed by atoms with Gasteiger partial charge in [-0.25, -0.2) is 0 Å². The highest BCUT2D eigenvalue weighted by Crippen LogP contribution is 2.23. The van der Waals surface area contributed by atoms with Gasteiger partial charge in [0.05, 0.1) is 10.4 Å². The van der Waals surface area contributed by atoms with Crippen molar-refractivity contribution in [2.75, 3.05) is 0 Å². The third-order valence-electron chi connectivity index (χ3n) is 1.86. The number of alkyl halides is 1. The summed E-state index contributed by atoms with van der Waals surface area (Å²) in [4.78, 5) is 11.2. The van der Waals surface area contributed by atoms with Gasteiger partial charge >= 0.3 is 0 Å². The molecule has 1 aromatic carbocycles. The lowest BCUT2D eigenvalue weighted by Crippen LogP contribution is -2.10. The number of Topliss-reactive ketones (excluding diaryl/α,β-unsaturated/α-hetero) is 1. The molecule has 0 spiro atoms. The SMILES string of the molecule is Cc1cccc(C(=O)C(C)Br)c1O. The molecule has 0 aliphatic heterocycles. The Morgan fingerprint density at radius 3 is 2.69 bits per heavy atom. The Labute approximate surface area is 85.7 Å². The largest absolute Gasteiger partial charge is 0.507 e. The maximum atomic E-state index is 11.5. The molecule has 0 aromatic heterocycles. The molecule has 0 aliphatic carbocycles. The second-order valence-corrected chi connectivity index (χ2v) is 4.32. The quantitative estimate of drug-likeness (QED) is 0.640. The van der Waals surface area contributed by atoms with Gasteiger partial charge < -0.3 is 5.11 Å². The van der Waals surface area contributed by atoms with Crippen molar-refractivity contribution in [3.63, 3.8) is 0 Å². The third-order valence-corrected chi connectivity index (χ3v) is 2.28. The fourth-order valence-corrected chi connectivity index (χ4v) is 1.32. The summed E-state index contributed by atoms with van der Waals surface area (Å²) < 4.78 is 0. The maximum absolute atomic E-state index is 11.5. The number of aryl methyl sites for hydroxylation is 1. The monoisotopic (exact) mass is 242 g/mol. The Morgan fingerprint density at radius 1 is 1.54 bits per heavy atom. The number of aromatic hydroxyl groups is 1. The Kier molecular flexibility index (Phi) is 3.09. The topological polar surface area (TPSA) is 37.3 Å². The molecule has 2 nitrogen and oxygen atoms in total. The third kappa shape index (κ3) is 2.10. The standard InChI is InChI=1S/C10H11BrO2/c1-6-4-3-5-8(9(6)12)10(13)7(2)11/h3-5,7,12H,1-2H3. The number of carbonyl (C=O) groups excluding carboxylic acids is 1. The van der Waals surface area contributed by atoms with Crippen LogP contribution >= 0.6 is 15.9 Å². The normalized spacial score (nSPS) is 12.5. The van der Waals surface area contributed by atoms with Crippen LogP contribution in [0, 0.1) is 6.92 Å². The second-order valence-electron chi connectivity index (χ2n) is 2.95. The summed E-state index contributed by atoms with van der Waals surface area (Å²) in [5.41, 5.74) is 1.10. The Morgan fingerprint density at radius 2 is 2.15 bits per heavy atom. The molecule has 0 aliphatic rings. The second kappa shape index (κ2) is 3.92. The molecular formula is C10H11BrO2. The highest BCUT2D eigenvalue weighted by molar-refractivity contribution is 9.10. The Hall–Kier alpha value is -0.830. The fourth-order valence-electron chi connectivity index (χ4n) is 1.07. The number of phenols is 1. The molecule has 1 N–H and O–H groups in total. The van der Waals surface area contributed by atoms with Gasteiger partial charge in [-0.05, 0) is 25.5 Å². The van der Waals surface area contributed by atoms with Gasteiger partial charge in [-0.15, -0.1) is 0 Å². The lowest BCUT2D eigenvalue weighted by atomic mass is 10.0. The molecule has 0 saturated carbocycles. The molecule has 0 amide bonds. The van der Waals surface area contributed by atoms with Crippen molar-refractivity contribution in [2.45, 2.75) is 18.7 Å². The van der Waals surface area contributed by atoms with Crippen molar-refractivity contribution < 1.29 is 9.90 Å². The maximum Gasteiger partial charge on any atom is 0.179 e. The number of carbonyl (C=O) groups is 1. The van der Waals surface area contributed by atoms with Crippen LogP contribution in [0.4, 0.5) is 0 Å². The first-order chi connectivity index (χ1) is 6.04. The van der Waals surface area contributed by atoms with E-state index in [1.165, 1.54) is 0 Å². The van der Waals surface area contributed by atoms with Crippen LogP contribution in [-0.4, -0.2) is 15.7 Å². The number of ketones is 1. The van der Waals surface area contributed by atoms with Gasteiger partial charge in [0, 0.05) is 0 Å². The fraction of sp³-hybridized carbons (Fsp3) is 0.300. The van der Waals surface area contributed by atoms with E-state index >= 15 is 0 Å². The van der Waals surface area contributed by atoms with Crippen LogP contribution in [-0.2, 0) is 0 Å². The van der Waals surface area contributed by atoms with E-state index < -0.39 is 0 Å². The number of hydrogen-bond donors (Lipinski definition) is 1. The predicted octanol–water partition coefficient (Wildman–Crippen LogP) is 2.67. The molecule has 1 aromatic rings. The summed E-state index contributed by atoms with van der Waals surface area (Å²) in [5, 5.41) is 9.58. The minimum absolute atomic E-state index is 0.0822. The van der Waals surface area contributed by atoms with Crippen LogP contribution < -0.4 is 0 Å². The molecule has 0 radical (unpaired) electrons. The van der Waals surface area contributed by atoms with Crippen molar-refractivity contribution in [3.8, 4) is 5.75 Å². The van der Waals surface area contributed by atoms with E-state index in [1.807, 2.05) is 0 Å². The van der Waals surface area contributed by atoms with E-state index in [0.717, 1.165) is 5.56 Å². The van der Waals surface area contributed by atoms with Crippen molar-refractivity contribution >= 4 is 21.7 Å². The van der Waals surface area contributed by atoms with Gasteiger partial charge in [0.25, 0.3) is 0 Å². The minimum atomic E-state index is -0.264. The highest BCUT2D eigenvalue weighted by Gasteiger charge is 2.16. The Balaban J connectivity index is 3.15. The molecular weight excluding hydrogens is 232 g/mol. The smallest absolute Gasteiger partial charge is 0.179 e. The van der Waals surface area contributed by atoms with Crippen molar-refractivity contribution in [1.29, 1.82) is 0 Å². The molecule has 0 heterocycles. The van der Waals surface area contributed by atoms with Crippen LogP contribution in [0.3, 0.4) is 0 Å². The minimum Gasteiger partial charge on any atom is -0.507 e. The van der Waals surface area contributed by atoms with Gasteiger partial charge in [0.15, 0.2) is 5.78 Å². The predicted molar refractivity (Wildman–Crippen MR) is 55.6 cm³/mol. The van der Waals surface area contributed by atoms with Gasteiger partial charge in [-0.1, -0.05) is 28.1 Å². The van der Waals surface area contributed by atoms with Crippen LogP contribution in [0.5, 0.6) is 5.75 Å². The van der Waals surface area contributed by atoms with Gasteiger partial charge in [-0.2, -0.15) is 0 Å². The van der Waals surface area contributed by atoms with E-state index in [2.05, 4.69) is 15.9 Å². The average molecular weight is 243 g/mol. The zero-order chi connectivity index (χ0) is 10.0. The molecule has 0 fully saturated rings. The van der Waals surface area contributed by atoms with Crippen molar-refractivity contribution in [3.05, 3.63) is 29.3 Å². The van der Waals surface area contributed by atoms with Crippen LogP contribution in [0.2, 0.25) is 0 Å². The molecule has 3 heteroatoms. The zero-order valence-electron chi connectivity index (χ0n) is 7.54. The molecule has 1 rings (SSSR count). The first kappa shape index (κ1) is 10.3. The van der Waals surface area contributed by atoms with Crippen LogP contribution in [0.25, 0.3) is 0 Å². The summed E-state index contributed by atoms with van der Waals surface area (Å²) in [6, 6.07) is 5.16. The number of para-hydroxylation sites is 1. The van der Waals surface area contributed by atoms with Crippen LogP contribution in [0.1, 0.15) is 22.8 Å². The van der Waals surface area contributed by atoms with Crippen LogP contribution in [0.15, 0.2) is 18.2 Å². The Bertz CT molecular complexity index is 332. The van der Waals surface area contributed by atoms with Gasteiger partial charge in [0.1, 0.15) is 5.75 Å². The number of benzene rings is 1. The summed E-state index contributed by atoms with van der Waals surface area (Å²) >= 11 is 3.17. The highest BCUT2D eigenvalue weighted by atomic mass is 79.9. The zero-order valence-corrected chi connectivity index (χ0v) is 9.13. The summed E-state index contributed by atoms with van der Waals surface area (Å²) in [6.45, 7) is 3.51. The van der Waals surface area contributed by atoms with Gasteiger partial charge in [-0.3, -0.25) is 4.79 Å². The number of halogens is 1. The summed E-state index contributed by atoms with van der Waals surface area (Å²) in [7, 11) is 0. The first-order valence-corrected chi connectivity index (χ1v) is 4.92. The van der Waals surface area contributed by atoms with Crippen molar-refractivity contribution in [2.24, 2.45) is 0 Å². The average Bonchev–Trinajstić information content (AvgIpc) is 2.08. The lowest BCUT2D eigenvalue weighted by molar-refractivity contribution is 0.0993.